The summed E-state index contributed by atoms with van der Waals surface area (Å²) < 4.78 is 5.79. The molecule has 2 aromatic carbocycles. The van der Waals surface area contributed by atoms with Crippen LogP contribution in [0.4, 0.5) is 5.69 Å². The van der Waals surface area contributed by atoms with Crippen molar-refractivity contribution in [1.82, 2.24) is 4.98 Å². The molecular formula is C17H16N2O. The van der Waals surface area contributed by atoms with Gasteiger partial charge in [0.05, 0.1) is 5.52 Å². The van der Waals surface area contributed by atoms with Crippen molar-refractivity contribution in [1.29, 1.82) is 0 Å². The molecule has 1 N–H and O–H groups in total. The maximum Gasteiger partial charge on any atom is 0.119 e. The van der Waals surface area contributed by atoms with Gasteiger partial charge < -0.3 is 10.1 Å². The van der Waals surface area contributed by atoms with E-state index in [9.17, 15) is 0 Å². The van der Waals surface area contributed by atoms with Gasteiger partial charge in [-0.2, -0.15) is 0 Å². The number of rotatable bonds is 4. The fourth-order valence-corrected chi connectivity index (χ4v) is 2.10. The average molecular weight is 264 g/mol. The van der Waals surface area contributed by atoms with Crippen LogP contribution in [0.25, 0.3) is 10.9 Å². The van der Waals surface area contributed by atoms with Crippen LogP contribution in [0.5, 0.6) is 5.75 Å². The molecular weight excluding hydrogens is 248 g/mol. The summed E-state index contributed by atoms with van der Waals surface area (Å²) in [6.07, 6.45) is 1.81. The SMILES string of the molecule is CNc1ccc(OCc2ccc3ncccc3c2)cc1. The third-order valence-electron chi connectivity index (χ3n) is 3.22. The van der Waals surface area contributed by atoms with Crippen LogP contribution in [0.15, 0.2) is 60.8 Å². The minimum atomic E-state index is 0.559. The van der Waals surface area contributed by atoms with E-state index in [0.717, 1.165) is 27.9 Å². The maximum atomic E-state index is 5.79. The Kier molecular flexibility index (Phi) is 3.50. The van der Waals surface area contributed by atoms with Gasteiger partial charge in [-0.25, -0.2) is 0 Å². The third kappa shape index (κ3) is 2.72. The fourth-order valence-electron chi connectivity index (χ4n) is 2.10. The molecule has 3 rings (SSSR count). The average Bonchev–Trinajstić information content (AvgIpc) is 2.53. The lowest BCUT2D eigenvalue weighted by atomic mass is 10.1. The van der Waals surface area contributed by atoms with Crippen LogP contribution in [0.2, 0.25) is 0 Å². The van der Waals surface area contributed by atoms with E-state index in [1.807, 2.05) is 49.6 Å². The van der Waals surface area contributed by atoms with E-state index in [0.29, 0.717) is 6.61 Å². The first-order valence-electron chi connectivity index (χ1n) is 6.59. The van der Waals surface area contributed by atoms with Crippen LogP contribution in [0, 0.1) is 0 Å². The second-order valence-corrected chi connectivity index (χ2v) is 4.59. The molecule has 3 nitrogen and oxygen atoms in total. The normalized spacial score (nSPS) is 10.4. The van der Waals surface area contributed by atoms with Gasteiger partial charge in [-0.1, -0.05) is 12.1 Å². The first kappa shape index (κ1) is 12.5. The summed E-state index contributed by atoms with van der Waals surface area (Å²) in [6.45, 7) is 0.559. The largest absolute Gasteiger partial charge is 0.489 e. The number of nitrogens with one attached hydrogen (secondary N) is 1. The lowest BCUT2D eigenvalue weighted by Crippen LogP contribution is -1.96. The topological polar surface area (TPSA) is 34.1 Å². The van der Waals surface area contributed by atoms with Crippen LogP contribution in [-0.2, 0) is 6.61 Å². The molecule has 0 atom stereocenters. The molecule has 0 saturated carbocycles. The number of hydrogen-bond acceptors (Lipinski definition) is 3. The molecule has 3 heteroatoms. The summed E-state index contributed by atoms with van der Waals surface area (Å²) in [5, 5.41) is 4.22. The summed E-state index contributed by atoms with van der Waals surface area (Å²) >= 11 is 0. The van der Waals surface area contributed by atoms with Crippen molar-refractivity contribution in [3.8, 4) is 5.75 Å². The monoisotopic (exact) mass is 264 g/mol. The minimum absolute atomic E-state index is 0.559. The van der Waals surface area contributed by atoms with Gasteiger partial charge in [0.2, 0.25) is 0 Å². The maximum absolute atomic E-state index is 5.79. The van der Waals surface area contributed by atoms with Crippen molar-refractivity contribution in [2.75, 3.05) is 12.4 Å². The zero-order valence-electron chi connectivity index (χ0n) is 11.3. The molecule has 0 saturated heterocycles. The highest BCUT2D eigenvalue weighted by molar-refractivity contribution is 5.78. The van der Waals surface area contributed by atoms with Gasteiger partial charge >= 0.3 is 0 Å². The summed E-state index contributed by atoms with van der Waals surface area (Å²) in [5.74, 6) is 0.871. The highest BCUT2D eigenvalue weighted by Gasteiger charge is 1.99. The Morgan fingerprint density at radius 1 is 1.05 bits per heavy atom. The van der Waals surface area contributed by atoms with E-state index in [1.54, 1.807) is 0 Å². The summed E-state index contributed by atoms with van der Waals surface area (Å²) in [6, 6.07) is 18.1. The number of fused-ring (bicyclic) bond motifs is 1. The number of aromatic nitrogens is 1. The van der Waals surface area contributed by atoms with Gasteiger partial charge in [0.1, 0.15) is 12.4 Å². The van der Waals surface area contributed by atoms with Crippen LogP contribution < -0.4 is 10.1 Å². The predicted molar refractivity (Wildman–Crippen MR) is 82.1 cm³/mol. The molecule has 0 aliphatic heterocycles. The highest BCUT2D eigenvalue weighted by atomic mass is 16.5. The van der Waals surface area contributed by atoms with Crippen LogP contribution in [0.3, 0.4) is 0 Å². The van der Waals surface area contributed by atoms with E-state index in [4.69, 9.17) is 4.74 Å². The zero-order chi connectivity index (χ0) is 13.8. The minimum Gasteiger partial charge on any atom is -0.489 e. The lowest BCUT2D eigenvalue weighted by molar-refractivity contribution is 0.306. The molecule has 1 aromatic heterocycles. The Labute approximate surface area is 118 Å². The number of hydrogen-bond donors (Lipinski definition) is 1. The van der Waals surface area contributed by atoms with Gasteiger partial charge in [-0.15, -0.1) is 0 Å². The molecule has 0 bridgehead atoms. The Balaban J connectivity index is 1.72. The lowest BCUT2D eigenvalue weighted by Gasteiger charge is -2.08. The molecule has 0 amide bonds. The summed E-state index contributed by atoms with van der Waals surface area (Å²) in [4.78, 5) is 4.31. The van der Waals surface area contributed by atoms with Crippen molar-refractivity contribution in [3.63, 3.8) is 0 Å². The van der Waals surface area contributed by atoms with Crippen molar-refractivity contribution in [2.45, 2.75) is 6.61 Å². The molecule has 3 aromatic rings. The van der Waals surface area contributed by atoms with Crippen molar-refractivity contribution in [2.24, 2.45) is 0 Å². The smallest absolute Gasteiger partial charge is 0.119 e. The van der Waals surface area contributed by atoms with Gasteiger partial charge in [0.25, 0.3) is 0 Å². The zero-order valence-corrected chi connectivity index (χ0v) is 11.3. The second kappa shape index (κ2) is 5.61. The van der Waals surface area contributed by atoms with E-state index in [1.165, 1.54) is 0 Å². The molecule has 0 aliphatic carbocycles. The number of benzene rings is 2. The van der Waals surface area contributed by atoms with Crippen molar-refractivity contribution < 1.29 is 4.74 Å². The highest BCUT2D eigenvalue weighted by Crippen LogP contribution is 2.18. The molecule has 0 radical (unpaired) electrons. The number of ether oxygens (including phenoxy) is 1. The van der Waals surface area contributed by atoms with Gasteiger partial charge in [-0.3, -0.25) is 4.98 Å². The Morgan fingerprint density at radius 3 is 2.70 bits per heavy atom. The Bertz CT molecular complexity index is 708. The second-order valence-electron chi connectivity index (χ2n) is 4.59. The third-order valence-corrected chi connectivity index (χ3v) is 3.22. The number of anilines is 1. The molecule has 0 fully saturated rings. The number of nitrogens with zero attached hydrogens (tertiary/aromatic N) is 1. The first-order chi connectivity index (χ1) is 9.85. The Hall–Kier alpha value is -2.55. The molecule has 0 unspecified atom stereocenters. The van der Waals surface area contributed by atoms with E-state index in [2.05, 4.69) is 28.5 Å². The summed E-state index contributed by atoms with van der Waals surface area (Å²) in [7, 11) is 1.90. The molecule has 0 aliphatic rings. The van der Waals surface area contributed by atoms with Crippen LogP contribution in [-0.4, -0.2) is 12.0 Å². The van der Waals surface area contributed by atoms with Crippen molar-refractivity contribution >= 4 is 16.6 Å². The number of pyridine rings is 1. The van der Waals surface area contributed by atoms with E-state index >= 15 is 0 Å². The van der Waals surface area contributed by atoms with E-state index in [-0.39, 0.29) is 0 Å². The summed E-state index contributed by atoms with van der Waals surface area (Å²) in [5.41, 5.74) is 3.23. The van der Waals surface area contributed by atoms with Gasteiger partial charge in [0, 0.05) is 24.3 Å². The van der Waals surface area contributed by atoms with Gasteiger partial charge in [0.15, 0.2) is 0 Å². The van der Waals surface area contributed by atoms with Crippen LogP contribution in [0.1, 0.15) is 5.56 Å². The standard InChI is InChI=1S/C17H16N2O/c1-18-15-5-7-16(8-6-15)20-12-13-4-9-17-14(11-13)3-2-10-19-17/h2-11,18H,12H2,1H3. The predicted octanol–water partition coefficient (Wildman–Crippen LogP) is 3.86. The van der Waals surface area contributed by atoms with E-state index < -0.39 is 0 Å². The molecule has 1 heterocycles. The molecule has 0 spiro atoms. The first-order valence-corrected chi connectivity index (χ1v) is 6.59. The molecule has 20 heavy (non-hydrogen) atoms. The fraction of sp³-hybridized carbons (Fsp3) is 0.118. The van der Waals surface area contributed by atoms with Crippen molar-refractivity contribution in [3.05, 3.63) is 66.4 Å². The van der Waals surface area contributed by atoms with Gasteiger partial charge in [-0.05, 0) is 48.0 Å². The quantitative estimate of drug-likeness (QED) is 0.777. The molecule has 100 valence electrons. The van der Waals surface area contributed by atoms with Crippen LogP contribution >= 0.6 is 0 Å². The Morgan fingerprint density at radius 2 is 1.90 bits per heavy atom.